The quantitative estimate of drug-likeness (QED) is 0.242. The Balaban J connectivity index is 0.994. The first-order valence-corrected chi connectivity index (χ1v) is 19.1. The topological polar surface area (TPSA) is 97.1 Å². The highest BCUT2D eigenvalue weighted by Gasteiger charge is 2.43. The Kier molecular flexibility index (Phi) is 8.37. The van der Waals surface area contributed by atoms with Crippen molar-refractivity contribution >= 4 is 38.5 Å². The van der Waals surface area contributed by atoms with E-state index in [9.17, 15) is 14.7 Å². The van der Waals surface area contributed by atoms with Crippen LogP contribution in [0.2, 0.25) is 6.04 Å². The second-order valence-corrected chi connectivity index (χ2v) is 16.1. The van der Waals surface area contributed by atoms with Gasteiger partial charge >= 0.3 is 5.97 Å². The fourth-order valence-electron chi connectivity index (χ4n) is 8.05. The number of likely N-dealkylation sites (tertiary alicyclic amines) is 1. The minimum absolute atomic E-state index is 0.244. The fraction of sp³-hybridized carbons (Fsp3) is 0.395. The van der Waals surface area contributed by atoms with Crippen molar-refractivity contribution in [3.05, 3.63) is 100 Å². The standard InChI is InChI=1S/C38H41FN4O5Si/c1-41(2)36(44)24-6-9-27(29(39)18-24)33-11-8-23-4-3-5-26(35(23)48-33)22-12-15-42(16-13-22)20-34-40-30-10-7-25(38(45)46)19-31(30)43(34)37-28(21-49-37)32-14-17-47-32/h3-11,18-19,22,28,32-33,37H,12-17,20-21,49H2,1-2H3,(H,45,46)/t28-,32+,33-,37?/m1/s1. The molecule has 0 radical (unpaired) electrons. The van der Waals surface area contributed by atoms with Crippen molar-refractivity contribution in [2.75, 3.05) is 33.8 Å². The van der Waals surface area contributed by atoms with Crippen LogP contribution in [0.4, 0.5) is 4.39 Å². The number of rotatable bonds is 8. The van der Waals surface area contributed by atoms with Gasteiger partial charge in [0, 0.05) is 52.6 Å². The van der Waals surface area contributed by atoms with Crippen molar-refractivity contribution in [3.63, 3.8) is 0 Å². The van der Waals surface area contributed by atoms with Crippen LogP contribution < -0.4 is 4.74 Å². The molecule has 3 fully saturated rings. The number of carboxylic acid groups (broad SMARTS) is 1. The molecule has 1 amide bonds. The Labute approximate surface area is 287 Å². The molecule has 1 N–H and O–H groups in total. The predicted octanol–water partition coefficient (Wildman–Crippen LogP) is 5.61. The molecule has 4 atom stereocenters. The zero-order valence-corrected chi connectivity index (χ0v) is 29.3. The number of carboxylic acids is 1. The number of nitrogens with zero attached hydrogens (tertiary/aromatic N) is 4. The Morgan fingerprint density at radius 1 is 1.04 bits per heavy atom. The van der Waals surface area contributed by atoms with Gasteiger partial charge in [-0.3, -0.25) is 9.69 Å². The average Bonchev–Trinajstić information content (AvgIpc) is 3.41. The van der Waals surface area contributed by atoms with Gasteiger partial charge < -0.3 is 24.0 Å². The molecule has 9 nitrogen and oxygen atoms in total. The van der Waals surface area contributed by atoms with Gasteiger partial charge in [0.15, 0.2) is 0 Å². The van der Waals surface area contributed by atoms with E-state index in [1.54, 1.807) is 38.4 Å². The second-order valence-electron chi connectivity index (χ2n) is 14.1. The number of fused-ring (bicyclic) bond motifs is 2. The van der Waals surface area contributed by atoms with E-state index in [-0.39, 0.29) is 15.4 Å². The molecule has 3 saturated heterocycles. The molecule has 0 bridgehead atoms. The second kappa shape index (κ2) is 12.9. The lowest BCUT2D eigenvalue weighted by Gasteiger charge is -2.46. The van der Waals surface area contributed by atoms with Crippen molar-refractivity contribution in [2.24, 2.45) is 5.92 Å². The van der Waals surface area contributed by atoms with Crippen molar-refractivity contribution in [1.29, 1.82) is 0 Å². The molecule has 4 aromatic rings. The number of hydrogen-bond donors (Lipinski definition) is 1. The lowest BCUT2D eigenvalue weighted by molar-refractivity contribution is -0.0906. The van der Waals surface area contributed by atoms with Gasteiger partial charge in [0.1, 0.15) is 23.5 Å². The van der Waals surface area contributed by atoms with Crippen LogP contribution in [0.25, 0.3) is 17.1 Å². The fourth-order valence-corrected chi connectivity index (χ4v) is 10.4. The normalized spacial score (nSPS) is 24.2. The summed E-state index contributed by atoms with van der Waals surface area (Å²) in [7, 11) is 2.93. The van der Waals surface area contributed by atoms with E-state index in [0.717, 1.165) is 72.7 Å². The molecule has 0 aliphatic carbocycles. The van der Waals surface area contributed by atoms with Crippen LogP contribution in [0.1, 0.15) is 80.2 Å². The van der Waals surface area contributed by atoms with Crippen LogP contribution in [0, 0.1) is 11.7 Å². The van der Waals surface area contributed by atoms with Gasteiger partial charge in [0.2, 0.25) is 0 Å². The molecule has 3 aromatic carbocycles. The number of carbonyl (C=O) groups excluding carboxylic acids is 1. The summed E-state index contributed by atoms with van der Waals surface area (Å²) in [6, 6.07) is 17.4. The lowest BCUT2D eigenvalue weighted by Crippen LogP contribution is -2.48. The summed E-state index contributed by atoms with van der Waals surface area (Å²) in [4.78, 5) is 33.2. The van der Waals surface area contributed by atoms with Crippen molar-refractivity contribution in [1.82, 2.24) is 19.4 Å². The van der Waals surface area contributed by atoms with Gasteiger partial charge in [-0.05, 0) is 86.2 Å². The van der Waals surface area contributed by atoms with E-state index in [2.05, 4.69) is 21.6 Å². The zero-order valence-electron chi connectivity index (χ0n) is 27.8. The summed E-state index contributed by atoms with van der Waals surface area (Å²) in [6.07, 6.45) is 6.61. The van der Waals surface area contributed by atoms with E-state index in [1.165, 1.54) is 17.0 Å². The van der Waals surface area contributed by atoms with Crippen molar-refractivity contribution in [2.45, 2.75) is 55.6 Å². The molecule has 5 heterocycles. The molecular formula is C38H41FN4O5Si. The summed E-state index contributed by atoms with van der Waals surface area (Å²) in [5, 5.41) is 9.73. The lowest BCUT2D eigenvalue weighted by atomic mass is 9.87. The van der Waals surface area contributed by atoms with E-state index >= 15 is 4.39 Å². The third-order valence-corrected chi connectivity index (χ3v) is 13.5. The highest BCUT2D eigenvalue weighted by atomic mass is 28.2. The van der Waals surface area contributed by atoms with Crippen LogP contribution in [0.15, 0.2) is 60.7 Å². The minimum Gasteiger partial charge on any atom is -0.481 e. The van der Waals surface area contributed by atoms with E-state index in [1.807, 2.05) is 24.3 Å². The maximum Gasteiger partial charge on any atom is 0.335 e. The summed E-state index contributed by atoms with van der Waals surface area (Å²) in [6.45, 7) is 3.34. The number of aromatic nitrogens is 2. The SMILES string of the molecule is CN(C)C(=O)c1ccc([C@H]2C=Cc3cccc(C4CCN(Cc5nc6ccc(C(=O)O)cc6n5C5[SiH2]C[C@@H]5[C@@H]5CCO5)CC4)c3O2)c(F)c1. The van der Waals surface area contributed by atoms with E-state index in [4.69, 9.17) is 14.5 Å². The van der Waals surface area contributed by atoms with Gasteiger partial charge in [0.05, 0.1) is 29.2 Å². The smallest absolute Gasteiger partial charge is 0.335 e. The van der Waals surface area contributed by atoms with Crippen LogP contribution in [0.5, 0.6) is 5.75 Å². The zero-order chi connectivity index (χ0) is 33.8. The molecule has 11 heteroatoms. The molecule has 1 unspecified atom stereocenters. The number of piperidine rings is 1. The number of hydrogen-bond acceptors (Lipinski definition) is 6. The molecular weight excluding hydrogens is 640 g/mol. The number of halogens is 1. The highest BCUT2D eigenvalue weighted by molar-refractivity contribution is 6.41. The van der Waals surface area contributed by atoms with Gasteiger partial charge in [-0.1, -0.05) is 36.4 Å². The summed E-state index contributed by atoms with van der Waals surface area (Å²) in [5.74, 6) is 0.979. The summed E-state index contributed by atoms with van der Waals surface area (Å²) < 4.78 is 30.1. The molecule has 49 heavy (non-hydrogen) atoms. The predicted molar refractivity (Wildman–Crippen MR) is 187 cm³/mol. The minimum atomic E-state index is -0.920. The maximum absolute atomic E-state index is 15.3. The van der Waals surface area contributed by atoms with Gasteiger partial charge in [-0.2, -0.15) is 0 Å². The first kappa shape index (κ1) is 31.9. The molecule has 4 aliphatic heterocycles. The number of carbonyl (C=O) groups is 2. The number of para-hydroxylation sites is 1. The van der Waals surface area contributed by atoms with Gasteiger partial charge in [0.25, 0.3) is 5.91 Å². The Morgan fingerprint density at radius 2 is 1.84 bits per heavy atom. The number of aromatic carboxylic acids is 1. The van der Waals surface area contributed by atoms with Crippen molar-refractivity contribution < 1.29 is 28.6 Å². The van der Waals surface area contributed by atoms with Gasteiger partial charge in [-0.25, -0.2) is 14.2 Å². The number of ether oxygens (including phenoxy) is 2. The van der Waals surface area contributed by atoms with Gasteiger partial charge in [-0.15, -0.1) is 0 Å². The van der Waals surface area contributed by atoms with Crippen molar-refractivity contribution in [3.8, 4) is 5.75 Å². The largest absolute Gasteiger partial charge is 0.481 e. The number of imidazole rings is 1. The first-order valence-electron chi connectivity index (χ1n) is 17.3. The third-order valence-electron chi connectivity index (χ3n) is 11.0. The maximum atomic E-state index is 15.3. The highest BCUT2D eigenvalue weighted by Crippen LogP contribution is 2.44. The Bertz CT molecular complexity index is 1960. The van der Waals surface area contributed by atoms with Crippen LogP contribution in [-0.2, 0) is 11.3 Å². The van der Waals surface area contributed by atoms with Crippen LogP contribution >= 0.6 is 0 Å². The number of benzene rings is 3. The van der Waals surface area contributed by atoms with Crippen LogP contribution in [-0.4, -0.2) is 85.7 Å². The molecule has 8 rings (SSSR count). The van der Waals surface area contributed by atoms with E-state index in [0.29, 0.717) is 46.8 Å². The molecule has 4 aliphatic rings. The summed E-state index contributed by atoms with van der Waals surface area (Å²) in [5.41, 5.74) is 5.32. The molecule has 254 valence electrons. The Hall–Kier alpha value is -4.32. The molecule has 0 saturated carbocycles. The Morgan fingerprint density at radius 3 is 2.51 bits per heavy atom. The summed E-state index contributed by atoms with van der Waals surface area (Å²) >= 11 is 0. The van der Waals surface area contributed by atoms with Crippen LogP contribution in [0.3, 0.4) is 0 Å². The molecule has 1 aromatic heterocycles. The van der Waals surface area contributed by atoms with E-state index < -0.39 is 17.9 Å². The monoisotopic (exact) mass is 680 g/mol. The third kappa shape index (κ3) is 5.87. The average molecular weight is 681 g/mol. The first-order chi connectivity index (χ1) is 23.7. The molecule has 0 spiro atoms. The number of amides is 1.